The number of anilines is 1. The molecule has 2 aliphatic carbocycles. The molecule has 1 heterocycles. The first-order valence-electron chi connectivity index (χ1n) is 11.0. The molecule has 5 rings (SSSR count). The average molecular weight is 442 g/mol. The van der Waals surface area contributed by atoms with Gasteiger partial charge in [0.15, 0.2) is 0 Å². The molecule has 0 bridgehead atoms. The highest BCUT2D eigenvalue weighted by Gasteiger charge is 2.50. The maximum atomic E-state index is 12.7. The van der Waals surface area contributed by atoms with Gasteiger partial charge in [0.25, 0.3) is 0 Å². The fourth-order valence-corrected chi connectivity index (χ4v) is 4.94. The third-order valence-electron chi connectivity index (χ3n) is 6.99. The number of ether oxygens (including phenoxy) is 1. The molecule has 1 spiro atoms. The summed E-state index contributed by atoms with van der Waals surface area (Å²) < 4.78 is 43.6. The van der Waals surface area contributed by atoms with Gasteiger partial charge in [0, 0.05) is 29.4 Å². The molecule has 2 N–H and O–H groups in total. The Hall–Kier alpha value is -2.96. The van der Waals surface area contributed by atoms with Crippen molar-refractivity contribution in [1.82, 2.24) is 4.98 Å². The van der Waals surface area contributed by atoms with E-state index in [0.29, 0.717) is 24.2 Å². The number of fused-ring (bicyclic) bond motifs is 1. The standard InChI is InChI=1S/C25H25F3N2O2/c26-25(27,28)18-3-5-19(6-4-18)32-11-8-16-2-7-21-20(12-16)22(15-29-21)30-23(31)17-13-24(14-17)9-1-10-24/h2-7,12,15,17,29H,1,8-11,13-14H2,(H,30,31). The number of nitrogens with one attached hydrogen (secondary N) is 2. The van der Waals surface area contributed by atoms with Gasteiger partial charge in [0.1, 0.15) is 5.75 Å². The second kappa shape index (κ2) is 7.87. The minimum absolute atomic E-state index is 0.0967. The molecule has 0 unspecified atom stereocenters. The van der Waals surface area contributed by atoms with Crippen LogP contribution in [-0.4, -0.2) is 17.5 Å². The molecular formula is C25H25F3N2O2. The van der Waals surface area contributed by atoms with E-state index in [1.54, 1.807) is 0 Å². The summed E-state index contributed by atoms with van der Waals surface area (Å²) >= 11 is 0. The van der Waals surface area contributed by atoms with Gasteiger partial charge in [0.05, 0.1) is 17.9 Å². The van der Waals surface area contributed by atoms with Crippen LogP contribution in [0, 0.1) is 11.3 Å². The number of aromatic nitrogens is 1. The van der Waals surface area contributed by atoms with Crippen molar-refractivity contribution in [2.75, 3.05) is 11.9 Å². The second-order valence-electron chi connectivity index (χ2n) is 9.15. The smallest absolute Gasteiger partial charge is 0.416 e. The zero-order chi connectivity index (χ0) is 22.3. The highest BCUT2D eigenvalue weighted by molar-refractivity contribution is 6.02. The van der Waals surface area contributed by atoms with E-state index >= 15 is 0 Å². The first-order chi connectivity index (χ1) is 15.3. The molecule has 2 aliphatic rings. The highest BCUT2D eigenvalue weighted by Crippen LogP contribution is 2.58. The molecule has 0 atom stereocenters. The maximum absolute atomic E-state index is 12.7. The van der Waals surface area contributed by atoms with Crippen LogP contribution in [0.3, 0.4) is 0 Å². The van der Waals surface area contributed by atoms with Crippen molar-refractivity contribution in [3.8, 4) is 5.75 Å². The molecule has 7 heteroatoms. The Morgan fingerprint density at radius 1 is 1.12 bits per heavy atom. The minimum atomic E-state index is -4.35. The number of carbonyl (C=O) groups excluding carboxylic acids is 1. The third-order valence-corrected chi connectivity index (χ3v) is 6.99. The maximum Gasteiger partial charge on any atom is 0.416 e. The van der Waals surface area contributed by atoms with Gasteiger partial charge in [-0.25, -0.2) is 0 Å². The molecule has 2 saturated carbocycles. The van der Waals surface area contributed by atoms with Crippen molar-refractivity contribution in [2.24, 2.45) is 11.3 Å². The monoisotopic (exact) mass is 442 g/mol. The molecule has 4 nitrogen and oxygen atoms in total. The van der Waals surface area contributed by atoms with E-state index in [4.69, 9.17) is 4.74 Å². The van der Waals surface area contributed by atoms with E-state index in [1.165, 1.54) is 31.4 Å². The van der Waals surface area contributed by atoms with Gasteiger partial charge < -0.3 is 15.0 Å². The average Bonchev–Trinajstić information content (AvgIpc) is 3.08. The Kier molecular flexibility index (Phi) is 5.14. The zero-order valence-corrected chi connectivity index (χ0v) is 17.6. The van der Waals surface area contributed by atoms with Crippen molar-refractivity contribution in [1.29, 1.82) is 0 Å². The van der Waals surface area contributed by atoms with Gasteiger partial charge >= 0.3 is 6.18 Å². The van der Waals surface area contributed by atoms with Crippen molar-refractivity contribution < 1.29 is 22.7 Å². The molecule has 2 aromatic carbocycles. The number of amides is 1. The van der Waals surface area contributed by atoms with Crippen LogP contribution in [0.1, 0.15) is 43.2 Å². The lowest BCUT2D eigenvalue weighted by atomic mass is 9.51. The summed E-state index contributed by atoms with van der Waals surface area (Å²) in [5, 5.41) is 4.03. The van der Waals surface area contributed by atoms with Gasteiger partial charge in [-0.15, -0.1) is 0 Å². The van der Waals surface area contributed by atoms with E-state index in [0.717, 1.165) is 47.1 Å². The summed E-state index contributed by atoms with van der Waals surface area (Å²) in [6.45, 7) is 0.340. The highest BCUT2D eigenvalue weighted by atomic mass is 19.4. The molecule has 168 valence electrons. The molecule has 3 aromatic rings. The van der Waals surface area contributed by atoms with Crippen LogP contribution in [0.25, 0.3) is 10.9 Å². The number of halogens is 3. The van der Waals surface area contributed by atoms with Crippen LogP contribution in [0.4, 0.5) is 18.9 Å². The molecular weight excluding hydrogens is 417 g/mol. The molecule has 1 aromatic heterocycles. The number of alkyl halides is 3. The lowest BCUT2D eigenvalue weighted by molar-refractivity contribution is -0.137. The number of hydrogen-bond acceptors (Lipinski definition) is 2. The Labute approximate surface area is 184 Å². The van der Waals surface area contributed by atoms with Crippen LogP contribution in [0.2, 0.25) is 0 Å². The number of carbonyl (C=O) groups is 1. The normalized spacial score (nSPS) is 17.7. The number of aromatic amines is 1. The fourth-order valence-electron chi connectivity index (χ4n) is 4.94. The Morgan fingerprint density at radius 3 is 2.53 bits per heavy atom. The number of benzene rings is 2. The topological polar surface area (TPSA) is 54.1 Å². The van der Waals surface area contributed by atoms with E-state index < -0.39 is 11.7 Å². The first-order valence-corrected chi connectivity index (χ1v) is 11.0. The SMILES string of the molecule is O=C(Nc1c[nH]c2ccc(CCOc3ccc(C(F)(F)F)cc3)cc12)C1CC2(CCC2)C1. The van der Waals surface area contributed by atoms with Gasteiger partial charge in [-0.1, -0.05) is 12.5 Å². The molecule has 0 saturated heterocycles. The summed E-state index contributed by atoms with van der Waals surface area (Å²) in [6.07, 6.45) is 3.91. The summed E-state index contributed by atoms with van der Waals surface area (Å²) in [5.41, 5.74) is 2.52. The summed E-state index contributed by atoms with van der Waals surface area (Å²) in [6, 6.07) is 10.7. The van der Waals surface area contributed by atoms with Crippen LogP contribution in [-0.2, 0) is 17.4 Å². The molecule has 0 aliphatic heterocycles. The fraction of sp³-hybridized carbons (Fsp3) is 0.400. The number of rotatable bonds is 6. The van der Waals surface area contributed by atoms with Crippen molar-refractivity contribution in [3.63, 3.8) is 0 Å². The number of H-pyrrole nitrogens is 1. The summed E-state index contributed by atoms with van der Waals surface area (Å²) in [5.74, 6) is 0.610. The molecule has 2 fully saturated rings. The molecule has 0 radical (unpaired) electrons. The Bertz CT molecular complexity index is 1120. The first kappa shape index (κ1) is 20.9. The Morgan fingerprint density at radius 2 is 1.88 bits per heavy atom. The predicted octanol–water partition coefficient (Wildman–Crippen LogP) is 6.33. The van der Waals surface area contributed by atoms with Gasteiger partial charge in [-0.2, -0.15) is 13.2 Å². The van der Waals surface area contributed by atoms with Crippen molar-refractivity contribution in [3.05, 3.63) is 59.8 Å². The lowest BCUT2D eigenvalue weighted by Gasteiger charge is -2.53. The summed E-state index contributed by atoms with van der Waals surface area (Å²) in [4.78, 5) is 15.8. The van der Waals surface area contributed by atoms with E-state index in [1.807, 2.05) is 24.4 Å². The van der Waals surface area contributed by atoms with Crippen molar-refractivity contribution >= 4 is 22.5 Å². The molecule has 32 heavy (non-hydrogen) atoms. The number of hydrogen-bond donors (Lipinski definition) is 2. The largest absolute Gasteiger partial charge is 0.493 e. The van der Waals surface area contributed by atoms with Crippen LogP contribution >= 0.6 is 0 Å². The lowest BCUT2D eigenvalue weighted by Crippen LogP contribution is -2.47. The summed E-state index contributed by atoms with van der Waals surface area (Å²) in [7, 11) is 0. The third kappa shape index (κ3) is 4.08. The zero-order valence-electron chi connectivity index (χ0n) is 17.6. The van der Waals surface area contributed by atoms with Gasteiger partial charge in [0.2, 0.25) is 5.91 Å². The van der Waals surface area contributed by atoms with E-state index in [-0.39, 0.29) is 11.8 Å². The minimum Gasteiger partial charge on any atom is -0.493 e. The van der Waals surface area contributed by atoms with Crippen molar-refractivity contribution in [2.45, 2.75) is 44.7 Å². The van der Waals surface area contributed by atoms with Crippen LogP contribution in [0.5, 0.6) is 5.75 Å². The van der Waals surface area contributed by atoms with Gasteiger partial charge in [-0.3, -0.25) is 4.79 Å². The Balaban J connectivity index is 1.18. The quantitative estimate of drug-likeness (QED) is 0.469. The van der Waals surface area contributed by atoms with Crippen LogP contribution in [0.15, 0.2) is 48.7 Å². The van der Waals surface area contributed by atoms with E-state index in [9.17, 15) is 18.0 Å². The van der Waals surface area contributed by atoms with Crippen LogP contribution < -0.4 is 10.1 Å². The van der Waals surface area contributed by atoms with Gasteiger partial charge in [-0.05, 0) is 73.1 Å². The van der Waals surface area contributed by atoms with E-state index in [2.05, 4.69) is 10.3 Å². The second-order valence-corrected chi connectivity index (χ2v) is 9.15. The predicted molar refractivity (Wildman–Crippen MR) is 117 cm³/mol. The molecule has 1 amide bonds.